The highest BCUT2D eigenvalue weighted by Gasteiger charge is 2.55. The zero-order valence-electron chi connectivity index (χ0n) is 13.3. The van der Waals surface area contributed by atoms with Crippen LogP contribution in [-0.2, 0) is 0 Å². The second kappa shape index (κ2) is 4.98. The lowest BCUT2D eigenvalue weighted by atomic mass is 9.44. The van der Waals surface area contributed by atoms with Gasteiger partial charge in [0, 0.05) is 19.6 Å². The molecule has 0 aromatic heterocycles. The van der Waals surface area contributed by atoms with Gasteiger partial charge in [-0.05, 0) is 87.1 Å². The lowest BCUT2D eigenvalue weighted by Gasteiger charge is -2.61. The Balaban J connectivity index is 1.29. The Morgan fingerprint density at radius 2 is 1.75 bits per heavy atom. The summed E-state index contributed by atoms with van der Waals surface area (Å²) >= 11 is 0. The van der Waals surface area contributed by atoms with E-state index in [9.17, 15) is 0 Å². The SMILES string of the molecule is CC12CC3CC(C1)CC(CNCCN1CCCC1)(C3)C2. The van der Waals surface area contributed by atoms with Crippen LogP contribution in [0.4, 0.5) is 0 Å². The van der Waals surface area contributed by atoms with Gasteiger partial charge in [-0.2, -0.15) is 0 Å². The highest BCUT2D eigenvalue weighted by molar-refractivity contribution is 5.06. The van der Waals surface area contributed by atoms with E-state index in [4.69, 9.17) is 0 Å². The van der Waals surface area contributed by atoms with E-state index in [0.717, 1.165) is 11.8 Å². The summed E-state index contributed by atoms with van der Waals surface area (Å²) in [5.74, 6) is 2.14. The number of nitrogens with one attached hydrogen (secondary N) is 1. The first kappa shape index (κ1) is 13.6. The standard InChI is InChI=1S/C18H32N2/c1-17-9-15-8-16(10-17)12-18(11-15,13-17)14-19-4-7-20-5-2-3-6-20/h15-16,19H,2-14H2,1H3. The molecule has 5 rings (SSSR count). The van der Waals surface area contributed by atoms with Crippen molar-refractivity contribution in [1.29, 1.82) is 0 Å². The largest absolute Gasteiger partial charge is 0.315 e. The molecule has 0 spiro atoms. The summed E-state index contributed by atoms with van der Waals surface area (Å²) in [5, 5.41) is 3.84. The van der Waals surface area contributed by atoms with E-state index in [1.54, 1.807) is 19.3 Å². The molecule has 1 saturated heterocycles. The van der Waals surface area contributed by atoms with Crippen LogP contribution < -0.4 is 5.32 Å². The van der Waals surface area contributed by atoms with Crippen LogP contribution in [0.25, 0.3) is 0 Å². The third-order valence-electron chi connectivity index (χ3n) is 6.78. The van der Waals surface area contributed by atoms with E-state index in [1.165, 1.54) is 64.8 Å². The van der Waals surface area contributed by atoms with Gasteiger partial charge in [0.1, 0.15) is 0 Å². The second-order valence-electron chi connectivity index (χ2n) is 9.00. The Labute approximate surface area is 124 Å². The minimum absolute atomic E-state index is 0.684. The molecule has 1 heterocycles. The lowest BCUT2D eigenvalue weighted by Crippen LogP contribution is -2.54. The lowest BCUT2D eigenvalue weighted by molar-refractivity contribution is -0.0998. The quantitative estimate of drug-likeness (QED) is 0.775. The summed E-state index contributed by atoms with van der Waals surface area (Å²) in [6.45, 7) is 9.07. The predicted octanol–water partition coefficient (Wildman–Crippen LogP) is 3.28. The Morgan fingerprint density at radius 1 is 1.05 bits per heavy atom. The van der Waals surface area contributed by atoms with Crippen LogP contribution in [0, 0.1) is 22.7 Å². The van der Waals surface area contributed by atoms with Gasteiger partial charge >= 0.3 is 0 Å². The Morgan fingerprint density at radius 3 is 2.40 bits per heavy atom. The summed E-state index contributed by atoms with van der Waals surface area (Å²) < 4.78 is 0. The normalized spacial score (nSPS) is 47.2. The van der Waals surface area contributed by atoms with Gasteiger partial charge < -0.3 is 10.2 Å². The molecule has 0 radical (unpaired) electrons. The molecule has 0 aromatic rings. The summed E-state index contributed by atoms with van der Waals surface area (Å²) in [5.41, 5.74) is 1.39. The van der Waals surface area contributed by atoms with Crippen molar-refractivity contribution in [3.63, 3.8) is 0 Å². The van der Waals surface area contributed by atoms with E-state index in [-0.39, 0.29) is 0 Å². The first-order valence-electron chi connectivity index (χ1n) is 9.08. The molecule has 114 valence electrons. The van der Waals surface area contributed by atoms with Crippen LogP contribution in [0.3, 0.4) is 0 Å². The predicted molar refractivity (Wildman–Crippen MR) is 83.8 cm³/mol. The second-order valence-corrected chi connectivity index (χ2v) is 9.00. The fourth-order valence-electron chi connectivity index (χ4n) is 6.73. The number of rotatable bonds is 5. The van der Waals surface area contributed by atoms with Crippen molar-refractivity contribution in [2.75, 3.05) is 32.7 Å². The maximum absolute atomic E-state index is 3.84. The molecule has 1 aliphatic heterocycles. The smallest absolute Gasteiger partial charge is 0.0107 e. The van der Waals surface area contributed by atoms with Crippen LogP contribution in [0.2, 0.25) is 0 Å². The number of hydrogen-bond acceptors (Lipinski definition) is 2. The van der Waals surface area contributed by atoms with Crippen molar-refractivity contribution < 1.29 is 0 Å². The van der Waals surface area contributed by atoms with Crippen molar-refractivity contribution in [2.24, 2.45) is 22.7 Å². The minimum Gasteiger partial charge on any atom is -0.315 e. The van der Waals surface area contributed by atoms with E-state index in [0.29, 0.717) is 10.8 Å². The molecule has 4 saturated carbocycles. The van der Waals surface area contributed by atoms with Gasteiger partial charge in [0.15, 0.2) is 0 Å². The number of nitrogens with zero attached hydrogens (tertiary/aromatic N) is 1. The van der Waals surface area contributed by atoms with E-state index < -0.39 is 0 Å². The van der Waals surface area contributed by atoms with Crippen molar-refractivity contribution in [3.8, 4) is 0 Å². The maximum atomic E-state index is 3.84. The Hall–Kier alpha value is -0.0800. The van der Waals surface area contributed by atoms with Crippen molar-refractivity contribution in [2.45, 2.75) is 58.3 Å². The van der Waals surface area contributed by atoms with Gasteiger partial charge in [0.25, 0.3) is 0 Å². The van der Waals surface area contributed by atoms with E-state index in [1.807, 2.05) is 0 Å². The Kier molecular flexibility index (Phi) is 3.38. The molecule has 4 aliphatic carbocycles. The topological polar surface area (TPSA) is 15.3 Å². The van der Waals surface area contributed by atoms with Crippen molar-refractivity contribution in [3.05, 3.63) is 0 Å². The third-order valence-corrected chi connectivity index (χ3v) is 6.78. The number of hydrogen-bond donors (Lipinski definition) is 1. The maximum Gasteiger partial charge on any atom is 0.0107 e. The van der Waals surface area contributed by atoms with Crippen LogP contribution in [-0.4, -0.2) is 37.6 Å². The third kappa shape index (κ3) is 2.54. The van der Waals surface area contributed by atoms with Gasteiger partial charge in [-0.15, -0.1) is 0 Å². The van der Waals surface area contributed by atoms with E-state index >= 15 is 0 Å². The molecule has 2 atom stereocenters. The van der Waals surface area contributed by atoms with Gasteiger partial charge in [0.05, 0.1) is 0 Å². The minimum atomic E-state index is 0.684. The van der Waals surface area contributed by atoms with Crippen LogP contribution in [0.5, 0.6) is 0 Å². The molecular formula is C18H32N2. The summed E-state index contributed by atoms with van der Waals surface area (Å²) in [6.07, 6.45) is 12.1. The zero-order chi connectivity index (χ0) is 13.6. The van der Waals surface area contributed by atoms with E-state index in [2.05, 4.69) is 17.1 Å². The van der Waals surface area contributed by atoms with Crippen molar-refractivity contribution >= 4 is 0 Å². The van der Waals surface area contributed by atoms with Gasteiger partial charge in [-0.3, -0.25) is 0 Å². The monoisotopic (exact) mass is 276 g/mol. The first-order chi connectivity index (χ1) is 9.65. The molecular weight excluding hydrogens is 244 g/mol. The Bertz CT molecular complexity index is 344. The highest BCUT2D eigenvalue weighted by atomic mass is 15.1. The molecule has 2 unspecified atom stereocenters. The molecule has 5 fully saturated rings. The average molecular weight is 276 g/mol. The van der Waals surface area contributed by atoms with Gasteiger partial charge in [-0.25, -0.2) is 0 Å². The highest BCUT2D eigenvalue weighted by Crippen LogP contribution is 2.64. The molecule has 4 bridgehead atoms. The first-order valence-corrected chi connectivity index (χ1v) is 9.08. The van der Waals surface area contributed by atoms with Crippen LogP contribution in [0.15, 0.2) is 0 Å². The molecule has 20 heavy (non-hydrogen) atoms. The average Bonchev–Trinajstić information content (AvgIpc) is 2.84. The van der Waals surface area contributed by atoms with Gasteiger partial charge in [-0.1, -0.05) is 6.92 Å². The molecule has 0 amide bonds. The van der Waals surface area contributed by atoms with Crippen molar-refractivity contribution in [1.82, 2.24) is 10.2 Å². The van der Waals surface area contributed by atoms with Crippen LogP contribution >= 0.6 is 0 Å². The molecule has 2 heteroatoms. The fourth-order valence-corrected chi connectivity index (χ4v) is 6.73. The van der Waals surface area contributed by atoms with Gasteiger partial charge in [0.2, 0.25) is 0 Å². The summed E-state index contributed by atoms with van der Waals surface area (Å²) in [6, 6.07) is 0. The molecule has 2 nitrogen and oxygen atoms in total. The summed E-state index contributed by atoms with van der Waals surface area (Å²) in [4.78, 5) is 2.63. The molecule has 5 aliphatic rings. The number of likely N-dealkylation sites (tertiary alicyclic amines) is 1. The molecule has 1 N–H and O–H groups in total. The summed E-state index contributed by atoms with van der Waals surface area (Å²) in [7, 11) is 0. The van der Waals surface area contributed by atoms with Crippen LogP contribution in [0.1, 0.15) is 58.3 Å². The fraction of sp³-hybridized carbons (Fsp3) is 1.00. The zero-order valence-corrected chi connectivity index (χ0v) is 13.3. The molecule has 0 aromatic carbocycles.